The highest BCUT2D eigenvalue weighted by atomic mass is 32.2. The third-order valence-corrected chi connectivity index (χ3v) is 8.41. The zero-order valence-electron chi connectivity index (χ0n) is 22.4. The van der Waals surface area contributed by atoms with Crippen LogP contribution in [0.1, 0.15) is 39.5 Å². The van der Waals surface area contributed by atoms with Crippen LogP contribution in [0, 0.1) is 11.6 Å². The van der Waals surface area contributed by atoms with E-state index in [1.807, 2.05) is 13.8 Å². The highest BCUT2D eigenvalue weighted by molar-refractivity contribution is 7.93. The number of unbranched alkanes of at least 4 members (excludes halogenated alkanes) is 2. The van der Waals surface area contributed by atoms with Gasteiger partial charge in [0.2, 0.25) is 0 Å². The summed E-state index contributed by atoms with van der Waals surface area (Å²) in [4.78, 5) is -1.07. The van der Waals surface area contributed by atoms with Crippen molar-refractivity contribution >= 4 is 31.4 Å². The van der Waals surface area contributed by atoms with Gasteiger partial charge in [-0.1, -0.05) is 38.8 Å². The Hall–Kier alpha value is -3.58. The van der Waals surface area contributed by atoms with Crippen molar-refractivity contribution in [3.8, 4) is 17.2 Å². The Balaban J connectivity index is 1.92. The van der Waals surface area contributed by atoms with Crippen LogP contribution in [0.15, 0.2) is 64.4 Å². The first-order chi connectivity index (χ1) is 19.0. The van der Waals surface area contributed by atoms with E-state index in [1.54, 1.807) is 0 Å². The quantitative estimate of drug-likeness (QED) is 0.208. The van der Waals surface area contributed by atoms with Gasteiger partial charge in [0.05, 0.1) is 36.6 Å². The van der Waals surface area contributed by atoms with Gasteiger partial charge in [-0.15, -0.1) is 0 Å². The van der Waals surface area contributed by atoms with Gasteiger partial charge in [-0.25, -0.2) is 25.6 Å². The van der Waals surface area contributed by atoms with Crippen LogP contribution in [0.4, 0.5) is 20.2 Å². The summed E-state index contributed by atoms with van der Waals surface area (Å²) in [5.41, 5.74) is -0.779. The van der Waals surface area contributed by atoms with Crippen molar-refractivity contribution in [1.82, 2.24) is 0 Å². The first kappa shape index (κ1) is 31.0. The molecule has 3 aromatic carbocycles. The molecule has 0 spiro atoms. The molecule has 0 saturated heterocycles. The Kier molecular flexibility index (Phi) is 10.6. The predicted octanol–water partition coefficient (Wildman–Crippen LogP) is 5.93. The molecule has 0 atom stereocenters. The van der Waals surface area contributed by atoms with E-state index in [4.69, 9.17) is 14.2 Å². The molecule has 0 aliphatic heterocycles. The SMILES string of the molecule is CCCCOc1cccc(NS(=O)(=O)c2ccc(OC)c(S(=O)(=O)Nc3cccc(OCCCC)c3F)c2)c1F. The molecule has 0 bridgehead atoms. The minimum Gasteiger partial charge on any atom is -0.495 e. The molecule has 13 heteroatoms. The zero-order chi connectivity index (χ0) is 29.3. The van der Waals surface area contributed by atoms with Gasteiger partial charge < -0.3 is 14.2 Å². The fourth-order valence-electron chi connectivity index (χ4n) is 3.49. The summed E-state index contributed by atoms with van der Waals surface area (Å²) in [7, 11) is -7.84. The highest BCUT2D eigenvalue weighted by Crippen LogP contribution is 2.33. The summed E-state index contributed by atoms with van der Waals surface area (Å²) in [6.45, 7) is 4.39. The van der Waals surface area contributed by atoms with Crippen molar-refractivity contribution in [1.29, 1.82) is 0 Å². The van der Waals surface area contributed by atoms with Crippen molar-refractivity contribution in [2.75, 3.05) is 29.8 Å². The van der Waals surface area contributed by atoms with Gasteiger partial charge in [-0.3, -0.25) is 9.44 Å². The topological polar surface area (TPSA) is 120 Å². The summed E-state index contributed by atoms with van der Waals surface area (Å²) in [6.07, 6.45) is 3.03. The van der Waals surface area contributed by atoms with Gasteiger partial charge in [0, 0.05) is 0 Å². The Labute approximate surface area is 233 Å². The van der Waals surface area contributed by atoms with E-state index in [0.717, 1.165) is 31.0 Å². The van der Waals surface area contributed by atoms with E-state index < -0.39 is 47.2 Å². The van der Waals surface area contributed by atoms with E-state index in [9.17, 15) is 25.6 Å². The first-order valence-electron chi connectivity index (χ1n) is 12.6. The van der Waals surface area contributed by atoms with E-state index in [2.05, 4.69) is 9.44 Å². The van der Waals surface area contributed by atoms with Crippen molar-refractivity contribution in [3.05, 3.63) is 66.2 Å². The number of benzene rings is 3. The third-order valence-electron chi connectivity index (χ3n) is 5.66. The van der Waals surface area contributed by atoms with Crippen LogP contribution in [0.5, 0.6) is 17.2 Å². The molecule has 2 N–H and O–H groups in total. The average Bonchev–Trinajstić information content (AvgIpc) is 2.92. The smallest absolute Gasteiger partial charge is 0.265 e. The molecule has 3 aromatic rings. The van der Waals surface area contributed by atoms with Gasteiger partial charge in [0.1, 0.15) is 10.6 Å². The Morgan fingerprint density at radius 3 is 1.68 bits per heavy atom. The van der Waals surface area contributed by atoms with Gasteiger partial charge in [-0.05, 0) is 55.3 Å². The number of halogens is 2. The zero-order valence-corrected chi connectivity index (χ0v) is 24.0. The lowest BCUT2D eigenvalue weighted by Crippen LogP contribution is -2.18. The maximum absolute atomic E-state index is 15.0. The van der Waals surface area contributed by atoms with Gasteiger partial charge in [-0.2, -0.15) is 0 Å². The van der Waals surface area contributed by atoms with Crippen LogP contribution in [-0.2, 0) is 20.0 Å². The van der Waals surface area contributed by atoms with Crippen molar-refractivity contribution in [2.45, 2.75) is 49.3 Å². The molecule has 0 aliphatic carbocycles. The minimum absolute atomic E-state index is 0.126. The fourth-order valence-corrected chi connectivity index (χ4v) is 5.91. The molecule has 0 aromatic heterocycles. The molecule has 0 radical (unpaired) electrons. The van der Waals surface area contributed by atoms with Crippen LogP contribution >= 0.6 is 0 Å². The molecule has 9 nitrogen and oxygen atoms in total. The Morgan fingerprint density at radius 2 is 1.20 bits per heavy atom. The lowest BCUT2D eigenvalue weighted by molar-refractivity contribution is 0.295. The van der Waals surface area contributed by atoms with Gasteiger partial charge >= 0.3 is 0 Å². The standard InChI is InChI=1S/C27H32F2N2O7S2/c1-4-6-16-37-23-12-8-10-20(26(23)28)30-39(32,33)19-14-15-22(36-3)25(18-19)40(34,35)31-21-11-9-13-24(27(21)29)38-17-7-5-2/h8-15,18,30-31H,4-7,16-17H2,1-3H3. The number of nitrogens with one attached hydrogen (secondary N) is 2. The molecule has 218 valence electrons. The monoisotopic (exact) mass is 598 g/mol. The lowest BCUT2D eigenvalue weighted by atomic mass is 10.3. The van der Waals surface area contributed by atoms with Crippen molar-refractivity contribution in [3.63, 3.8) is 0 Å². The second kappa shape index (κ2) is 13.7. The Bertz CT molecular complexity index is 1530. The molecule has 3 rings (SSSR count). The van der Waals surface area contributed by atoms with E-state index in [1.165, 1.54) is 43.5 Å². The largest absolute Gasteiger partial charge is 0.495 e. The van der Waals surface area contributed by atoms with Crippen LogP contribution in [0.3, 0.4) is 0 Å². The molecule has 0 fully saturated rings. The number of methoxy groups -OCH3 is 1. The minimum atomic E-state index is -4.56. The van der Waals surface area contributed by atoms with Gasteiger partial charge in [0.25, 0.3) is 20.0 Å². The summed E-state index contributed by atoms with van der Waals surface area (Å²) >= 11 is 0. The molecule has 40 heavy (non-hydrogen) atoms. The van der Waals surface area contributed by atoms with Crippen LogP contribution < -0.4 is 23.7 Å². The van der Waals surface area contributed by atoms with Crippen molar-refractivity contribution < 1.29 is 39.8 Å². The van der Waals surface area contributed by atoms with E-state index in [-0.39, 0.29) is 36.1 Å². The van der Waals surface area contributed by atoms with Crippen LogP contribution in [0.25, 0.3) is 0 Å². The molecule has 0 saturated carbocycles. The normalized spacial score (nSPS) is 11.6. The first-order valence-corrected chi connectivity index (χ1v) is 15.6. The lowest BCUT2D eigenvalue weighted by Gasteiger charge is -2.16. The maximum Gasteiger partial charge on any atom is 0.265 e. The van der Waals surface area contributed by atoms with Gasteiger partial charge in [0.15, 0.2) is 23.1 Å². The summed E-state index contributed by atoms with van der Waals surface area (Å²) in [5, 5.41) is 0. The molecular weight excluding hydrogens is 566 g/mol. The second-order valence-electron chi connectivity index (χ2n) is 8.66. The average molecular weight is 599 g/mol. The number of anilines is 2. The molecular formula is C27H32F2N2O7S2. The van der Waals surface area contributed by atoms with E-state index >= 15 is 0 Å². The Morgan fingerprint density at radius 1 is 0.700 bits per heavy atom. The third kappa shape index (κ3) is 7.54. The number of hydrogen-bond donors (Lipinski definition) is 2. The van der Waals surface area contributed by atoms with Crippen LogP contribution in [0.2, 0.25) is 0 Å². The number of ether oxygens (including phenoxy) is 3. The summed E-state index contributed by atoms with van der Waals surface area (Å²) in [5.74, 6) is -2.30. The van der Waals surface area contributed by atoms with Crippen LogP contribution in [-0.4, -0.2) is 37.2 Å². The second-order valence-corrected chi connectivity index (χ2v) is 12.0. The van der Waals surface area contributed by atoms with E-state index in [0.29, 0.717) is 12.8 Å². The maximum atomic E-state index is 15.0. The molecule has 0 unspecified atom stereocenters. The number of sulfonamides is 2. The summed E-state index contributed by atoms with van der Waals surface area (Å²) < 4.78 is 103. The predicted molar refractivity (Wildman–Crippen MR) is 148 cm³/mol. The fraction of sp³-hybridized carbons (Fsp3) is 0.333. The molecule has 0 heterocycles. The number of rotatable bonds is 15. The number of hydrogen-bond acceptors (Lipinski definition) is 7. The summed E-state index contributed by atoms with van der Waals surface area (Å²) in [6, 6.07) is 11.0. The molecule has 0 amide bonds. The molecule has 0 aliphatic rings. The highest BCUT2D eigenvalue weighted by Gasteiger charge is 2.26. The van der Waals surface area contributed by atoms with Crippen molar-refractivity contribution in [2.24, 2.45) is 0 Å².